The molecule has 2 amide bonds. The molecule has 6 nitrogen and oxygen atoms in total. The van der Waals surface area contributed by atoms with Crippen molar-refractivity contribution in [1.82, 2.24) is 9.88 Å². The molecule has 152 valence electrons. The van der Waals surface area contributed by atoms with Crippen LogP contribution in [0.25, 0.3) is 10.6 Å². The maximum atomic E-state index is 12.4. The van der Waals surface area contributed by atoms with Gasteiger partial charge < -0.3 is 4.74 Å². The molecule has 4 rings (SSSR count). The molecule has 2 fully saturated rings. The zero-order valence-electron chi connectivity index (χ0n) is 16.4. The number of fused-ring (bicyclic) bond motifs is 1. The second-order valence-corrected chi connectivity index (χ2v) is 8.60. The van der Waals surface area contributed by atoms with E-state index in [1.165, 1.54) is 21.8 Å². The highest BCUT2D eigenvalue weighted by Gasteiger charge is 2.47. The predicted molar refractivity (Wildman–Crippen MR) is 109 cm³/mol. The minimum atomic E-state index is -0.426. The molecule has 2 atom stereocenters. The fourth-order valence-corrected chi connectivity index (χ4v) is 4.89. The largest absolute Gasteiger partial charge is 0.459 e. The first kappa shape index (κ1) is 19.8. The summed E-state index contributed by atoms with van der Waals surface area (Å²) in [4.78, 5) is 42.8. The van der Waals surface area contributed by atoms with Crippen LogP contribution in [0.3, 0.4) is 0 Å². The zero-order chi connectivity index (χ0) is 20.4. The Morgan fingerprint density at radius 1 is 1.14 bits per heavy atom. The number of imide groups is 1. The third kappa shape index (κ3) is 4.24. The van der Waals surface area contributed by atoms with Crippen LogP contribution in [0.5, 0.6) is 0 Å². The van der Waals surface area contributed by atoms with E-state index in [0.29, 0.717) is 5.69 Å². The highest BCUT2D eigenvalue weighted by Crippen LogP contribution is 2.38. The van der Waals surface area contributed by atoms with Crippen molar-refractivity contribution in [3.63, 3.8) is 0 Å². The summed E-state index contributed by atoms with van der Waals surface area (Å²) < 4.78 is 5.30. The third-order valence-electron chi connectivity index (χ3n) is 5.70. The van der Waals surface area contributed by atoms with E-state index in [1.54, 1.807) is 0 Å². The molecular formula is C22H24N2O4S. The van der Waals surface area contributed by atoms with Gasteiger partial charge in [0, 0.05) is 17.5 Å². The number of ether oxygens (including phenoxy) is 1. The quantitative estimate of drug-likeness (QED) is 0.534. The molecule has 0 bridgehead atoms. The van der Waals surface area contributed by atoms with Crippen molar-refractivity contribution < 1.29 is 19.1 Å². The van der Waals surface area contributed by atoms with Gasteiger partial charge in [0.05, 0.1) is 24.0 Å². The fraction of sp³-hybridized carbons (Fsp3) is 0.455. The zero-order valence-corrected chi connectivity index (χ0v) is 17.2. The molecule has 2 heterocycles. The Morgan fingerprint density at radius 3 is 2.45 bits per heavy atom. The topological polar surface area (TPSA) is 76.6 Å². The van der Waals surface area contributed by atoms with Gasteiger partial charge in [-0.3, -0.25) is 19.3 Å². The van der Waals surface area contributed by atoms with Gasteiger partial charge in [-0.2, -0.15) is 0 Å². The second-order valence-electron chi connectivity index (χ2n) is 7.75. The van der Waals surface area contributed by atoms with Crippen LogP contribution in [-0.2, 0) is 25.7 Å². The number of esters is 1. The van der Waals surface area contributed by atoms with Crippen molar-refractivity contribution in [2.24, 2.45) is 11.8 Å². The number of nitrogens with zero attached hydrogens (tertiary/aromatic N) is 2. The number of benzene rings is 1. The summed E-state index contributed by atoms with van der Waals surface area (Å²) in [6.07, 6.45) is 3.57. The number of hydrogen-bond donors (Lipinski definition) is 0. The summed E-state index contributed by atoms with van der Waals surface area (Å²) in [5, 5.41) is 2.76. The first-order chi connectivity index (χ1) is 14.0. The molecule has 1 saturated carbocycles. The molecule has 1 aromatic heterocycles. The number of aromatic nitrogens is 1. The number of rotatable bonds is 6. The summed E-state index contributed by atoms with van der Waals surface area (Å²) in [5.41, 5.74) is 2.91. The van der Waals surface area contributed by atoms with E-state index in [-0.39, 0.29) is 43.2 Å². The van der Waals surface area contributed by atoms with Crippen molar-refractivity contribution in [3.8, 4) is 10.6 Å². The average Bonchev–Trinajstić information content (AvgIpc) is 3.30. The van der Waals surface area contributed by atoms with Crippen LogP contribution in [0.2, 0.25) is 0 Å². The molecule has 2 aliphatic rings. The van der Waals surface area contributed by atoms with Gasteiger partial charge in [0.1, 0.15) is 11.6 Å². The number of carbonyl (C=O) groups is 3. The Morgan fingerprint density at radius 2 is 1.79 bits per heavy atom. The Hall–Kier alpha value is -2.54. The smallest absolute Gasteiger partial charge is 0.307 e. The maximum Gasteiger partial charge on any atom is 0.307 e. The predicted octanol–water partition coefficient (Wildman–Crippen LogP) is 3.73. The van der Waals surface area contributed by atoms with E-state index in [2.05, 4.69) is 4.98 Å². The van der Waals surface area contributed by atoms with Crippen molar-refractivity contribution in [3.05, 3.63) is 40.9 Å². The van der Waals surface area contributed by atoms with Crippen molar-refractivity contribution in [1.29, 1.82) is 0 Å². The molecule has 1 saturated heterocycles. The molecule has 1 aliphatic carbocycles. The number of carbonyl (C=O) groups excluding carboxylic acids is 3. The van der Waals surface area contributed by atoms with E-state index in [0.717, 1.165) is 36.3 Å². The maximum absolute atomic E-state index is 12.4. The van der Waals surface area contributed by atoms with Crippen LogP contribution < -0.4 is 0 Å². The first-order valence-electron chi connectivity index (χ1n) is 10.0. The highest BCUT2D eigenvalue weighted by molar-refractivity contribution is 7.13. The Balaban J connectivity index is 1.27. The van der Waals surface area contributed by atoms with Gasteiger partial charge in [0.25, 0.3) is 0 Å². The monoisotopic (exact) mass is 412 g/mol. The van der Waals surface area contributed by atoms with Gasteiger partial charge in [-0.15, -0.1) is 11.3 Å². The number of likely N-dealkylation sites (tertiary alicyclic amines) is 1. The van der Waals surface area contributed by atoms with E-state index in [4.69, 9.17) is 4.74 Å². The van der Waals surface area contributed by atoms with Gasteiger partial charge >= 0.3 is 5.97 Å². The van der Waals surface area contributed by atoms with Crippen LogP contribution in [0.4, 0.5) is 0 Å². The molecule has 0 unspecified atom stereocenters. The van der Waals surface area contributed by atoms with E-state index in [9.17, 15) is 14.4 Å². The lowest BCUT2D eigenvalue weighted by Crippen LogP contribution is -2.33. The number of amides is 2. The third-order valence-corrected chi connectivity index (χ3v) is 6.64. The SMILES string of the molecule is Cc1ccc(-c2nc(COC(=O)CCN3C(=O)[C@H]4CCCC[C@@H]4C3=O)cs2)cc1. The summed E-state index contributed by atoms with van der Waals surface area (Å²) in [5.74, 6) is -1.01. The van der Waals surface area contributed by atoms with Crippen LogP contribution in [0, 0.1) is 18.8 Å². The molecule has 2 aromatic rings. The summed E-state index contributed by atoms with van der Waals surface area (Å²) >= 11 is 1.51. The van der Waals surface area contributed by atoms with Gasteiger partial charge in [-0.05, 0) is 19.8 Å². The van der Waals surface area contributed by atoms with Crippen LogP contribution in [0.15, 0.2) is 29.6 Å². The normalized spacial score (nSPS) is 21.3. The number of aryl methyl sites for hydroxylation is 1. The van der Waals surface area contributed by atoms with Crippen molar-refractivity contribution in [2.75, 3.05) is 6.54 Å². The van der Waals surface area contributed by atoms with Crippen LogP contribution in [-0.4, -0.2) is 34.2 Å². The summed E-state index contributed by atoms with van der Waals surface area (Å²) in [6, 6.07) is 8.11. The number of thiazole rings is 1. The Bertz CT molecular complexity index is 897. The van der Waals surface area contributed by atoms with Crippen molar-refractivity contribution >= 4 is 29.1 Å². The van der Waals surface area contributed by atoms with E-state index in [1.807, 2.05) is 36.6 Å². The Kier molecular flexibility index (Phi) is 5.76. The standard InChI is InChI=1S/C22H24N2O4S/c1-14-6-8-15(9-7-14)20-23-16(13-29-20)12-28-19(25)10-11-24-21(26)17-4-2-3-5-18(17)22(24)27/h6-9,13,17-18H,2-5,10-12H2,1H3/t17-,18-/m0/s1. The average molecular weight is 413 g/mol. The number of hydrogen-bond acceptors (Lipinski definition) is 6. The van der Waals surface area contributed by atoms with Gasteiger partial charge in [-0.25, -0.2) is 4.98 Å². The molecule has 0 N–H and O–H groups in total. The van der Waals surface area contributed by atoms with Crippen molar-refractivity contribution in [2.45, 2.75) is 45.6 Å². The fourth-order valence-electron chi connectivity index (χ4n) is 4.08. The highest BCUT2D eigenvalue weighted by atomic mass is 32.1. The Labute approximate surface area is 173 Å². The van der Waals surface area contributed by atoms with Crippen LogP contribution in [0.1, 0.15) is 43.4 Å². The van der Waals surface area contributed by atoms with Crippen LogP contribution >= 0.6 is 11.3 Å². The molecule has 1 aliphatic heterocycles. The van der Waals surface area contributed by atoms with E-state index < -0.39 is 5.97 Å². The second kappa shape index (κ2) is 8.45. The lowest BCUT2D eigenvalue weighted by Gasteiger charge is -2.19. The molecule has 0 radical (unpaired) electrons. The summed E-state index contributed by atoms with van der Waals surface area (Å²) in [7, 11) is 0. The minimum absolute atomic E-state index is 0.0197. The van der Waals surface area contributed by atoms with Gasteiger partial charge in [0.2, 0.25) is 11.8 Å². The lowest BCUT2D eigenvalue weighted by molar-refractivity contribution is -0.146. The molecule has 0 spiro atoms. The molecule has 1 aromatic carbocycles. The summed E-state index contributed by atoms with van der Waals surface area (Å²) in [6.45, 7) is 2.23. The first-order valence-corrected chi connectivity index (χ1v) is 10.9. The minimum Gasteiger partial charge on any atom is -0.459 e. The van der Waals surface area contributed by atoms with Gasteiger partial charge in [0.15, 0.2) is 0 Å². The van der Waals surface area contributed by atoms with Gasteiger partial charge in [-0.1, -0.05) is 42.7 Å². The molecule has 7 heteroatoms. The molecule has 29 heavy (non-hydrogen) atoms. The molecular weight excluding hydrogens is 388 g/mol. The lowest BCUT2D eigenvalue weighted by atomic mass is 9.81. The van der Waals surface area contributed by atoms with E-state index >= 15 is 0 Å².